The van der Waals surface area contributed by atoms with E-state index in [1.54, 1.807) is 11.3 Å². The number of hydrogen-bond acceptors (Lipinski definition) is 2. The quantitative estimate of drug-likeness (QED) is 0.709. The Kier molecular flexibility index (Phi) is 3.14. The molecule has 1 saturated heterocycles. The summed E-state index contributed by atoms with van der Waals surface area (Å²) < 4.78 is 5.51. The molecule has 0 aromatic carbocycles. The van der Waals surface area contributed by atoms with Gasteiger partial charge in [-0.3, -0.25) is 0 Å². The van der Waals surface area contributed by atoms with Gasteiger partial charge in [-0.2, -0.15) is 0 Å². The minimum Gasteiger partial charge on any atom is -0.376 e. The summed E-state index contributed by atoms with van der Waals surface area (Å²) in [6.45, 7) is 0.830. The Bertz CT molecular complexity index is 281. The summed E-state index contributed by atoms with van der Waals surface area (Å²) >= 11 is 13.8. The fourth-order valence-corrected chi connectivity index (χ4v) is 3.23. The van der Waals surface area contributed by atoms with Crippen molar-refractivity contribution in [2.24, 2.45) is 0 Å². The van der Waals surface area contributed by atoms with Crippen molar-refractivity contribution < 1.29 is 4.74 Å². The summed E-state index contributed by atoms with van der Waals surface area (Å²) in [5.74, 6) is 0. The van der Waals surface area contributed by atoms with Crippen molar-refractivity contribution in [2.45, 2.75) is 24.3 Å². The van der Waals surface area contributed by atoms with Gasteiger partial charge in [0, 0.05) is 11.5 Å². The van der Waals surface area contributed by atoms with Crippen LogP contribution >= 0.6 is 34.5 Å². The first-order valence-corrected chi connectivity index (χ1v) is 5.97. The molecule has 2 rings (SSSR count). The molecule has 1 nitrogen and oxygen atoms in total. The number of hydrogen-bond donors (Lipinski definition) is 0. The number of alkyl halides is 1. The second kappa shape index (κ2) is 4.18. The topological polar surface area (TPSA) is 9.23 Å². The molecule has 0 bridgehead atoms. The summed E-state index contributed by atoms with van der Waals surface area (Å²) in [4.78, 5) is 1.04. The first kappa shape index (κ1) is 9.78. The molecular weight excluding hydrogens is 227 g/mol. The highest BCUT2D eigenvalue weighted by molar-refractivity contribution is 7.11. The minimum absolute atomic E-state index is 0.0741. The van der Waals surface area contributed by atoms with E-state index in [4.69, 9.17) is 27.9 Å². The Morgan fingerprint density at radius 1 is 1.62 bits per heavy atom. The van der Waals surface area contributed by atoms with Crippen molar-refractivity contribution in [3.05, 3.63) is 21.3 Å². The zero-order valence-corrected chi connectivity index (χ0v) is 9.33. The average Bonchev–Trinajstić information content (AvgIpc) is 2.72. The van der Waals surface area contributed by atoms with Gasteiger partial charge in [-0.15, -0.1) is 22.9 Å². The third-order valence-corrected chi connectivity index (χ3v) is 4.26. The fourth-order valence-electron chi connectivity index (χ4n) is 1.50. The van der Waals surface area contributed by atoms with E-state index in [0.717, 1.165) is 29.3 Å². The van der Waals surface area contributed by atoms with E-state index < -0.39 is 0 Å². The molecular formula is C9H10Cl2OS. The van der Waals surface area contributed by atoms with Crippen LogP contribution in [0.3, 0.4) is 0 Å². The highest BCUT2D eigenvalue weighted by atomic mass is 35.5. The summed E-state index contributed by atoms with van der Waals surface area (Å²) in [5, 5.41) is 2.65. The maximum Gasteiger partial charge on any atom is 0.0954 e. The van der Waals surface area contributed by atoms with Crippen molar-refractivity contribution in [1.29, 1.82) is 0 Å². The molecule has 13 heavy (non-hydrogen) atoms. The van der Waals surface area contributed by atoms with Crippen LogP contribution in [0.1, 0.15) is 23.1 Å². The van der Waals surface area contributed by atoms with E-state index >= 15 is 0 Å². The zero-order valence-electron chi connectivity index (χ0n) is 7.00. The van der Waals surface area contributed by atoms with Crippen LogP contribution in [0, 0.1) is 0 Å². The smallest absolute Gasteiger partial charge is 0.0954 e. The molecule has 2 atom stereocenters. The number of ether oxygens (including phenoxy) is 1. The number of thiophene rings is 1. The lowest BCUT2D eigenvalue weighted by molar-refractivity contribution is 0.108. The van der Waals surface area contributed by atoms with E-state index in [1.807, 2.05) is 11.4 Å². The minimum atomic E-state index is -0.0741. The van der Waals surface area contributed by atoms with Gasteiger partial charge >= 0.3 is 0 Å². The van der Waals surface area contributed by atoms with Crippen molar-refractivity contribution in [1.82, 2.24) is 0 Å². The molecule has 1 aromatic heterocycles. The largest absolute Gasteiger partial charge is 0.376 e. The van der Waals surface area contributed by atoms with Crippen LogP contribution in [0.25, 0.3) is 0 Å². The van der Waals surface area contributed by atoms with Crippen molar-refractivity contribution in [3.63, 3.8) is 0 Å². The van der Waals surface area contributed by atoms with Gasteiger partial charge in [0.05, 0.1) is 16.5 Å². The maximum absolute atomic E-state index is 6.26. The van der Waals surface area contributed by atoms with Crippen LogP contribution < -0.4 is 0 Å². The van der Waals surface area contributed by atoms with Crippen LogP contribution in [0.5, 0.6) is 0 Å². The third-order valence-electron chi connectivity index (χ3n) is 2.19. The van der Waals surface area contributed by atoms with Gasteiger partial charge in [0.1, 0.15) is 0 Å². The average molecular weight is 237 g/mol. The molecule has 0 amide bonds. The molecule has 4 heteroatoms. The lowest BCUT2D eigenvalue weighted by Crippen LogP contribution is -2.11. The van der Waals surface area contributed by atoms with Gasteiger partial charge < -0.3 is 4.74 Å². The lowest BCUT2D eigenvalue weighted by atomic mass is 10.1. The van der Waals surface area contributed by atoms with E-state index in [1.165, 1.54) is 0 Å². The Morgan fingerprint density at radius 2 is 2.46 bits per heavy atom. The summed E-state index contributed by atoms with van der Waals surface area (Å²) in [7, 11) is 0. The highest BCUT2D eigenvalue weighted by Gasteiger charge is 2.27. The molecule has 72 valence electrons. The molecule has 2 heterocycles. The van der Waals surface area contributed by atoms with Crippen molar-refractivity contribution >= 4 is 34.5 Å². The van der Waals surface area contributed by atoms with E-state index in [-0.39, 0.29) is 11.5 Å². The standard InChI is InChI=1S/C9H10Cl2OS/c10-6-3-5-13-9(6)8(11)7-2-1-4-12-7/h3,5,7-8H,1-2,4H2. The molecule has 1 aliphatic rings. The molecule has 0 radical (unpaired) electrons. The normalized spacial score (nSPS) is 24.9. The molecule has 1 aromatic rings. The number of halogens is 2. The lowest BCUT2D eigenvalue weighted by Gasteiger charge is -2.15. The summed E-state index contributed by atoms with van der Waals surface area (Å²) in [6, 6.07) is 1.88. The van der Waals surface area contributed by atoms with E-state index in [0.29, 0.717) is 0 Å². The van der Waals surface area contributed by atoms with Gasteiger partial charge in [0.15, 0.2) is 0 Å². The Hall–Kier alpha value is 0.240. The molecule has 0 spiro atoms. The Labute approximate surface area is 91.6 Å². The van der Waals surface area contributed by atoms with Gasteiger partial charge in [-0.05, 0) is 24.3 Å². The first-order chi connectivity index (χ1) is 6.29. The van der Waals surface area contributed by atoms with Crippen molar-refractivity contribution in [2.75, 3.05) is 6.61 Å². The van der Waals surface area contributed by atoms with Crippen LogP contribution in [-0.2, 0) is 4.74 Å². The Morgan fingerprint density at radius 3 is 3.00 bits per heavy atom. The first-order valence-electron chi connectivity index (χ1n) is 4.27. The molecule has 1 aliphatic heterocycles. The van der Waals surface area contributed by atoms with Crippen molar-refractivity contribution in [3.8, 4) is 0 Å². The van der Waals surface area contributed by atoms with E-state index in [2.05, 4.69) is 0 Å². The molecule has 2 unspecified atom stereocenters. The number of rotatable bonds is 2. The molecule has 1 fully saturated rings. The molecule has 0 aliphatic carbocycles. The van der Waals surface area contributed by atoms with Gasteiger partial charge in [-0.1, -0.05) is 11.6 Å². The predicted molar refractivity (Wildman–Crippen MR) is 56.9 cm³/mol. The van der Waals surface area contributed by atoms with E-state index in [9.17, 15) is 0 Å². The zero-order chi connectivity index (χ0) is 9.26. The van der Waals surface area contributed by atoms with Crippen LogP contribution in [0.4, 0.5) is 0 Å². The summed E-state index contributed by atoms with van der Waals surface area (Å²) in [5.41, 5.74) is 0. The predicted octanol–water partition coefficient (Wildman–Crippen LogP) is 3.86. The molecule has 0 saturated carbocycles. The van der Waals surface area contributed by atoms with Gasteiger partial charge in [-0.25, -0.2) is 0 Å². The third kappa shape index (κ3) is 2.01. The van der Waals surface area contributed by atoms with Crippen LogP contribution in [0.15, 0.2) is 11.4 Å². The molecule has 0 N–H and O–H groups in total. The SMILES string of the molecule is Clc1ccsc1C(Cl)C1CCCO1. The monoisotopic (exact) mass is 236 g/mol. The van der Waals surface area contributed by atoms with Gasteiger partial charge in [0.2, 0.25) is 0 Å². The maximum atomic E-state index is 6.26. The second-order valence-corrected chi connectivity index (χ2v) is 4.91. The summed E-state index contributed by atoms with van der Waals surface area (Å²) in [6.07, 6.45) is 2.30. The second-order valence-electron chi connectivity index (χ2n) is 3.09. The fraction of sp³-hybridized carbons (Fsp3) is 0.556. The van der Waals surface area contributed by atoms with Crippen LogP contribution in [-0.4, -0.2) is 12.7 Å². The van der Waals surface area contributed by atoms with Crippen LogP contribution in [0.2, 0.25) is 5.02 Å². The Balaban J connectivity index is 2.12. The highest BCUT2D eigenvalue weighted by Crippen LogP contribution is 2.38. The van der Waals surface area contributed by atoms with Gasteiger partial charge in [0.25, 0.3) is 0 Å².